The van der Waals surface area contributed by atoms with E-state index in [4.69, 9.17) is 20.9 Å². The van der Waals surface area contributed by atoms with E-state index in [9.17, 15) is 0 Å². The van der Waals surface area contributed by atoms with Gasteiger partial charge in [0, 0.05) is 5.88 Å². The molecule has 0 aromatic rings. The Balaban J connectivity index is 2.94. The van der Waals surface area contributed by atoms with Gasteiger partial charge in [-0.2, -0.15) is 0 Å². The third-order valence-electron chi connectivity index (χ3n) is 3.94. The molecule has 0 unspecified atom stereocenters. The van der Waals surface area contributed by atoms with Gasteiger partial charge < -0.3 is 9.31 Å². The van der Waals surface area contributed by atoms with E-state index in [1.807, 2.05) is 0 Å². The molecule has 0 atom stereocenters. The van der Waals surface area contributed by atoms with Crippen LogP contribution in [0.1, 0.15) is 40.5 Å². The fraction of sp³-hybridized carbons (Fsp3) is 0.750. The monoisotopic (exact) mass is 328 g/mol. The SMILES string of the molecule is CC1(C)OB(C(/C=C/CCCCl)=C\[Si](C)(C)C)OC1(C)C. The van der Waals surface area contributed by atoms with Gasteiger partial charge in [-0.15, -0.1) is 11.6 Å². The van der Waals surface area contributed by atoms with Gasteiger partial charge in [-0.3, -0.25) is 0 Å². The Bertz CT molecular complexity index is 395. The highest BCUT2D eigenvalue weighted by Gasteiger charge is 2.52. The fourth-order valence-corrected chi connectivity index (χ4v) is 3.47. The van der Waals surface area contributed by atoms with Gasteiger partial charge in [0.1, 0.15) is 0 Å². The van der Waals surface area contributed by atoms with Crippen molar-refractivity contribution in [2.24, 2.45) is 0 Å². The molecule has 0 bridgehead atoms. The maximum Gasteiger partial charge on any atom is 0.494 e. The van der Waals surface area contributed by atoms with Crippen LogP contribution in [0.4, 0.5) is 0 Å². The second-order valence-electron chi connectivity index (χ2n) is 7.83. The van der Waals surface area contributed by atoms with E-state index in [1.54, 1.807) is 0 Å². The van der Waals surface area contributed by atoms with E-state index in [-0.39, 0.29) is 18.3 Å². The molecule has 21 heavy (non-hydrogen) atoms. The van der Waals surface area contributed by atoms with Crippen LogP contribution < -0.4 is 0 Å². The highest BCUT2D eigenvalue weighted by atomic mass is 35.5. The molecule has 120 valence electrons. The number of rotatable bonds is 6. The molecule has 1 rings (SSSR count). The first-order valence-corrected chi connectivity index (χ1v) is 11.9. The molecule has 1 fully saturated rings. The van der Waals surface area contributed by atoms with Crippen molar-refractivity contribution in [1.29, 1.82) is 0 Å². The van der Waals surface area contributed by atoms with Gasteiger partial charge in [0.15, 0.2) is 0 Å². The van der Waals surface area contributed by atoms with Crippen LogP contribution >= 0.6 is 11.6 Å². The second kappa shape index (κ2) is 7.03. The minimum atomic E-state index is -1.35. The quantitative estimate of drug-likeness (QED) is 0.296. The van der Waals surface area contributed by atoms with Crippen molar-refractivity contribution in [3.8, 4) is 0 Å². The minimum absolute atomic E-state index is 0.269. The number of hydrogen-bond acceptors (Lipinski definition) is 2. The van der Waals surface area contributed by atoms with Crippen LogP contribution in [0, 0.1) is 0 Å². The van der Waals surface area contributed by atoms with Gasteiger partial charge in [0.05, 0.1) is 19.3 Å². The van der Waals surface area contributed by atoms with E-state index in [0.717, 1.165) is 18.3 Å². The van der Waals surface area contributed by atoms with Crippen LogP contribution in [-0.2, 0) is 9.31 Å². The smallest absolute Gasteiger partial charge is 0.399 e. The van der Waals surface area contributed by atoms with Gasteiger partial charge in [0.2, 0.25) is 0 Å². The Morgan fingerprint density at radius 3 is 2.05 bits per heavy atom. The summed E-state index contributed by atoms with van der Waals surface area (Å²) in [6, 6.07) is 0. The van der Waals surface area contributed by atoms with Crippen molar-refractivity contribution in [2.45, 2.75) is 71.4 Å². The zero-order valence-corrected chi connectivity index (χ0v) is 16.4. The van der Waals surface area contributed by atoms with Crippen molar-refractivity contribution in [2.75, 3.05) is 5.88 Å². The van der Waals surface area contributed by atoms with Crippen LogP contribution in [0.5, 0.6) is 0 Å². The normalized spacial score (nSPS) is 22.3. The van der Waals surface area contributed by atoms with Crippen LogP contribution in [0.15, 0.2) is 23.3 Å². The highest BCUT2D eigenvalue weighted by molar-refractivity contribution is 6.82. The zero-order chi connectivity index (χ0) is 16.3. The van der Waals surface area contributed by atoms with Crippen LogP contribution in [0.25, 0.3) is 0 Å². The summed E-state index contributed by atoms with van der Waals surface area (Å²) in [4.78, 5) is 0. The fourth-order valence-electron chi connectivity index (χ4n) is 2.09. The first-order valence-electron chi connectivity index (χ1n) is 7.79. The topological polar surface area (TPSA) is 18.5 Å². The summed E-state index contributed by atoms with van der Waals surface area (Å²) >= 11 is 5.73. The number of alkyl halides is 1. The summed E-state index contributed by atoms with van der Waals surface area (Å²) in [5.74, 6) is 0.702. The number of hydrogen-bond donors (Lipinski definition) is 0. The molecule has 5 heteroatoms. The molecule has 0 aromatic carbocycles. The highest BCUT2D eigenvalue weighted by Crippen LogP contribution is 2.39. The summed E-state index contributed by atoms with van der Waals surface area (Å²) in [6.07, 6.45) is 6.33. The molecule has 1 aliphatic rings. The molecule has 0 N–H and O–H groups in total. The third-order valence-corrected chi connectivity index (χ3v) is 5.41. The molecular formula is C16H30BClO2Si. The molecule has 0 amide bonds. The Morgan fingerprint density at radius 2 is 1.62 bits per heavy atom. The summed E-state index contributed by atoms with van der Waals surface area (Å²) < 4.78 is 12.4. The Hall–Kier alpha value is -0.0282. The van der Waals surface area contributed by atoms with Crippen LogP contribution in [-0.4, -0.2) is 32.3 Å². The van der Waals surface area contributed by atoms with E-state index < -0.39 is 8.07 Å². The Labute approximate surface area is 137 Å². The van der Waals surface area contributed by atoms with Crippen molar-refractivity contribution in [3.63, 3.8) is 0 Å². The summed E-state index contributed by atoms with van der Waals surface area (Å²) in [7, 11) is -1.62. The standard InChI is InChI=1S/C16H30BClO2Si/c1-15(2)16(3,4)20-17(19-15)14(13-21(5,6)7)11-9-8-10-12-18/h9,11,13H,8,10,12H2,1-7H3/b11-9+,14-13-. The zero-order valence-electron chi connectivity index (χ0n) is 14.6. The minimum Gasteiger partial charge on any atom is -0.399 e. The van der Waals surface area contributed by atoms with Gasteiger partial charge in [-0.05, 0) is 46.0 Å². The number of allylic oxidation sites excluding steroid dienone is 3. The molecule has 1 aliphatic heterocycles. The molecule has 0 spiro atoms. The number of unbranched alkanes of at least 4 members (excludes halogenated alkanes) is 1. The lowest BCUT2D eigenvalue weighted by atomic mass is 9.79. The van der Waals surface area contributed by atoms with Crippen molar-refractivity contribution in [1.82, 2.24) is 0 Å². The maximum atomic E-state index is 6.18. The summed E-state index contributed by atoms with van der Waals surface area (Å²) in [5.41, 5.74) is 2.94. The predicted octanol–water partition coefficient (Wildman–Crippen LogP) is 5.00. The predicted molar refractivity (Wildman–Crippen MR) is 96.6 cm³/mol. The number of halogens is 1. The molecule has 1 heterocycles. The summed E-state index contributed by atoms with van der Waals surface area (Å²) in [5, 5.41) is 0. The van der Waals surface area contributed by atoms with Crippen molar-refractivity contribution >= 4 is 26.8 Å². The largest absolute Gasteiger partial charge is 0.494 e. The van der Waals surface area contributed by atoms with E-state index in [2.05, 4.69) is 65.2 Å². The lowest BCUT2D eigenvalue weighted by Crippen LogP contribution is -2.41. The van der Waals surface area contributed by atoms with Gasteiger partial charge in [-0.1, -0.05) is 37.5 Å². The van der Waals surface area contributed by atoms with Crippen molar-refractivity contribution < 1.29 is 9.31 Å². The van der Waals surface area contributed by atoms with Gasteiger partial charge in [0.25, 0.3) is 0 Å². The second-order valence-corrected chi connectivity index (χ2v) is 13.2. The molecule has 1 saturated heterocycles. The molecule has 0 saturated carbocycles. The summed E-state index contributed by atoms with van der Waals surface area (Å²) in [6.45, 7) is 15.3. The van der Waals surface area contributed by atoms with Gasteiger partial charge in [-0.25, -0.2) is 0 Å². The molecule has 2 nitrogen and oxygen atoms in total. The van der Waals surface area contributed by atoms with E-state index in [1.165, 1.54) is 0 Å². The molecule has 0 aromatic heterocycles. The average Bonchev–Trinajstić information content (AvgIpc) is 2.51. The lowest BCUT2D eigenvalue weighted by Gasteiger charge is -2.32. The molecular weight excluding hydrogens is 299 g/mol. The average molecular weight is 329 g/mol. The van der Waals surface area contributed by atoms with Crippen molar-refractivity contribution in [3.05, 3.63) is 23.3 Å². The van der Waals surface area contributed by atoms with E-state index >= 15 is 0 Å². The lowest BCUT2D eigenvalue weighted by molar-refractivity contribution is 0.00578. The van der Waals surface area contributed by atoms with Gasteiger partial charge >= 0.3 is 7.12 Å². The molecule has 0 radical (unpaired) electrons. The Kier molecular flexibility index (Phi) is 6.37. The first kappa shape index (κ1) is 19.0. The van der Waals surface area contributed by atoms with Crippen LogP contribution in [0.3, 0.4) is 0 Å². The maximum absolute atomic E-state index is 6.18. The molecule has 0 aliphatic carbocycles. The van der Waals surface area contributed by atoms with Crippen LogP contribution in [0.2, 0.25) is 19.6 Å². The van der Waals surface area contributed by atoms with E-state index in [0.29, 0.717) is 5.88 Å². The third kappa shape index (κ3) is 5.59. The Morgan fingerprint density at radius 1 is 1.10 bits per heavy atom. The first-order chi connectivity index (χ1) is 9.48.